The van der Waals surface area contributed by atoms with Crippen molar-refractivity contribution in [1.82, 2.24) is 15.5 Å². The zero-order chi connectivity index (χ0) is 35.0. The second kappa shape index (κ2) is 19.5. The molecule has 0 saturated carbocycles. The second-order valence-electron chi connectivity index (χ2n) is 15.1. The Hall–Kier alpha value is -3.32. The van der Waals surface area contributed by atoms with Gasteiger partial charge in [0.25, 0.3) is 0 Å². The van der Waals surface area contributed by atoms with Crippen molar-refractivity contribution in [3.8, 4) is 0 Å². The SMILES string of the molecule is C=CC(C)CCNC(=O)OC(C)(C)C.C[C@@H]1CCN(C(=O)OC(C)(C)C)[C@H]1Cc1ccccc1.C[C@@H]1CCN[C@H]1Cc1ccccc1. The monoisotopic (exact) mass is 649 g/mol. The van der Waals surface area contributed by atoms with Crippen molar-refractivity contribution in [2.24, 2.45) is 17.8 Å². The smallest absolute Gasteiger partial charge is 0.410 e. The van der Waals surface area contributed by atoms with Gasteiger partial charge in [0, 0.05) is 25.2 Å². The number of benzene rings is 2. The molecule has 2 saturated heterocycles. The van der Waals surface area contributed by atoms with Gasteiger partial charge in [0.1, 0.15) is 11.2 Å². The lowest BCUT2D eigenvalue weighted by Crippen LogP contribution is -2.42. The van der Waals surface area contributed by atoms with Crippen LogP contribution in [0.3, 0.4) is 0 Å². The summed E-state index contributed by atoms with van der Waals surface area (Å²) >= 11 is 0. The third-order valence-electron chi connectivity index (χ3n) is 8.46. The minimum atomic E-state index is -0.430. The quantitative estimate of drug-likeness (QED) is 0.280. The first kappa shape index (κ1) is 39.9. The number of hydrogen-bond acceptors (Lipinski definition) is 5. The lowest BCUT2D eigenvalue weighted by molar-refractivity contribution is 0.0210. The maximum absolute atomic E-state index is 12.3. The average Bonchev–Trinajstić information content (AvgIpc) is 3.57. The standard InChI is InChI=1S/C17H25NO2.C12H17N.C11H21NO2/c1-13-10-11-18(16(19)20-17(2,3)4)15(13)12-14-8-6-5-7-9-14;1-10-7-8-13-12(10)9-11-5-3-2-4-6-11;1-6-9(2)7-8-12-10(13)14-11(3,4)5/h5-9,13,15H,10-12H2,1-4H3;2-6,10,12-13H,7-9H2,1H3;6,9H,1,7-8H2,2-5H3,(H,12,13)/t13-,15+;10-,12+;/m11./s1. The van der Waals surface area contributed by atoms with Gasteiger partial charge in [-0.1, -0.05) is 87.5 Å². The lowest BCUT2D eigenvalue weighted by atomic mass is 9.96. The van der Waals surface area contributed by atoms with Crippen molar-refractivity contribution >= 4 is 12.2 Å². The van der Waals surface area contributed by atoms with Gasteiger partial charge in [-0.05, 0) is 109 Å². The van der Waals surface area contributed by atoms with Crippen molar-refractivity contribution in [1.29, 1.82) is 0 Å². The molecular weight excluding hydrogens is 586 g/mol. The van der Waals surface area contributed by atoms with Crippen molar-refractivity contribution in [3.63, 3.8) is 0 Å². The van der Waals surface area contributed by atoms with Crippen LogP contribution in [-0.4, -0.2) is 60.0 Å². The van der Waals surface area contributed by atoms with Gasteiger partial charge in [0.05, 0.1) is 0 Å². The van der Waals surface area contributed by atoms with Gasteiger partial charge < -0.3 is 25.0 Å². The third kappa shape index (κ3) is 16.4. The maximum atomic E-state index is 12.3. The molecule has 0 radical (unpaired) electrons. The van der Waals surface area contributed by atoms with Crippen LogP contribution >= 0.6 is 0 Å². The number of likely N-dealkylation sites (tertiary alicyclic amines) is 1. The first-order chi connectivity index (χ1) is 22.1. The van der Waals surface area contributed by atoms with E-state index in [1.165, 1.54) is 30.5 Å². The second-order valence-corrected chi connectivity index (χ2v) is 15.1. The van der Waals surface area contributed by atoms with Gasteiger partial charge in [-0.2, -0.15) is 0 Å². The molecule has 2 amide bonds. The predicted octanol–water partition coefficient (Wildman–Crippen LogP) is 8.83. The van der Waals surface area contributed by atoms with E-state index < -0.39 is 11.2 Å². The lowest BCUT2D eigenvalue weighted by Gasteiger charge is -2.30. The summed E-state index contributed by atoms with van der Waals surface area (Å²) in [4.78, 5) is 25.4. The summed E-state index contributed by atoms with van der Waals surface area (Å²) in [6, 6.07) is 22.1. The first-order valence-corrected chi connectivity index (χ1v) is 17.5. The Bertz CT molecular complexity index is 1190. The molecule has 4 rings (SSSR count). The number of carbonyl (C=O) groups is 2. The van der Waals surface area contributed by atoms with E-state index in [0.717, 1.165) is 31.7 Å². The molecule has 2 aromatic rings. The predicted molar refractivity (Wildman–Crippen MR) is 195 cm³/mol. The molecule has 2 N–H and O–H groups in total. The van der Waals surface area contributed by atoms with E-state index in [-0.39, 0.29) is 18.2 Å². The number of hydrogen-bond donors (Lipinski definition) is 2. The summed E-state index contributed by atoms with van der Waals surface area (Å²) in [7, 11) is 0. The van der Waals surface area contributed by atoms with Crippen molar-refractivity contribution in [3.05, 3.63) is 84.4 Å². The number of rotatable bonds is 8. The summed E-state index contributed by atoms with van der Waals surface area (Å²) in [5.74, 6) is 1.77. The highest BCUT2D eigenvalue weighted by molar-refractivity contribution is 5.69. The molecule has 2 aromatic carbocycles. The van der Waals surface area contributed by atoms with Gasteiger partial charge in [0.2, 0.25) is 0 Å². The highest BCUT2D eigenvalue weighted by Crippen LogP contribution is 2.28. The van der Waals surface area contributed by atoms with E-state index in [1.807, 2.05) is 70.7 Å². The molecule has 0 aromatic heterocycles. The van der Waals surface area contributed by atoms with Crippen LogP contribution in [0.4, 0.5) is 9.59 Å². The van der Waals surface area contributed by atoms with Crippen LogP contribution in [0.5, 0.6) is 0 Å². The molecule has 262 valence electrons. The minimum absolute atomic E-state index is 0.178. The number of nitrogens with zero attached hydrogens (tertiary/aromatic N) is 1. The van der Waals surface area contributed by atoms with Crippen LogP contribution in [-0.2, 0) is 22.3 Å². The van der Waals surface area contributed by atoms with Crippen LogP contribution in [0.2, 0.25) is 0 Å². The molecule has 2 heterocycles. The molecule has 1 unspecified atom stereocenters. The molecule has 2 aliphatic rings. The molecule has 7 nitrogen and oxygen atoms in total. The minimum Gasteiger partial charge on any atom is -0.444 e. The summed E-state index contributed by atoms with van der Waals surface area (Å²) in [5.41, 5.74) is 1.88. The van der Waals surface area contributed by atoms with Gasteiger partial charge in [-0.15, -0.1) is 6.58 Å². The molecule has 2 fully saturated rings. The van der Waals surface area contributed by atoms with E-state index in [2.05, 4.69) is 80.4 Å². The number of carbonyl (C=O) groups excluding carboxylic acids is 2. The van der Waals surface area contributed by atoms with E-state index in [4.69, 9.17) is 9.47 Å². The van der Waals surface area contributed by atoms with Crippen LogP contribution in [0.1, 0.15) is 92.7 Å². The molecule has 2 aliphatic heterocycles. The molecule has 7 heteroatoms. The number of allylic oxidation sites excluding steroid dienone is 1. The molecule has 0 bridgehead atoms. The highest BCUT2D eigenvalue weighted by Gasteiger charge is 2.36. The third-order valence-corrected chi connectivity index (χ3v) is 8.46. The largest absolute Gasteiger partial charge is 0.444 e. The Labute approximate surface area is 285 Å². The van der Waals surface area contributed by atoms with Crippen LogP contribution in [0.15, 0.2) is 73.3 Å². The Morgan fingerprint density at radius 2 is 1.45 bits per heavy atom. The summed E-state index contributed by atoms with van der Waals surface area (Å²) in [5, 5.41) is 6.25. The van der Waals surface area contributed by atoms with Crippen LogP contribution in [0.25, 0.3) is 0 Å². The van der Waals surface area contributed by atoms with Crippen molar-refractivity contribution < 1.29 is 19.1 Å². The number of nitrogens with one attached hydrogen (secondary N) is 2. The van der Waals surface area contributed by atoms with Crippen LogP contribution < -0.4 is 10.6 Å². The van der Waals surface area contributed by atoms with E-state index in [9.17, 15) is 9.59 Å². The van der Waals surface area contributed by atoms with Crippen molar-refractivity contribution in [2.45, 2.75) is 118 Å². The Morgan fingerprint density at radius 3 is 1.94 bits per heavy atom. The van der Waals surface area contributed by atoms with Gasteiger partial charge >= 0.3 is 12.2 Å². The Morgan fingerprint density at radius 1 is 0.894 bits per heavy atom. The fourth-order valence-corrected chi connectivity index (χ4v) is 5.60. The van der Waals surface area contributed by atoms with E-state index in [0.29, 0.717) is 24.4 Å². The summed E-state index contributed by atoms with van der Waals surface area (Å²) < 4.78 is 10.6. The normalized spacial score (nSPS) is 21.3. The topological polar surface area (TPSA) is 79.9 Å². The molecular formula is C40H63N3O4. The van der Waals surface area contributed by atoms with Gasteiger partial charge in [-0.25, -0.2) is 9.59 Å². The summed E-state index contributed by atoms with van der Waals surface area (Å²) in [6.07, 6.45) is 6.70. The van der Waals surface area contributed by atoms with E-state index >= 15 is 0 Å². The van der Waals surface area contributed by atoms with Crippen molar-refractivity contribution in [2.75, 3.05) is 19.6 Å². The Balaban J connectivity index is 0.000000253. The average molecular weight is 650 g/mol. The van der Waals surface area contributed by atoms with E-state index in [1.54, 1.807) is 0 Å². The summed E-state index contributed by atoms with van der Waals surface area (Å²) in [6.45, 7) is 24.2. The van der Waals surface area contributed by atoms with Gasteiger partial charge in [0.15, 0.2) is 0 Å². The molecule has 47 heavy (non-hydrogen) atoms. The number of amides is 2. The number of ether oxygens (including phenoxy) is 2. The molecule has 0 spiro atoms. The van der Waals surface area contributed by atoms with Gasteiger partial charge in [-0.3, -0.25) is 0 Å². The van der Waals surface area contributed by atoms with Crippen LogP contribution in [0, 0.1) is 17.8 Å². The number of alkyl carbamates (subject to hydrolysis) is 1. The Kier molecular flexibility index (Phi) is 16.5. The zero-order valence-electron chi connectivity index (χ0n) is 30.7. The zero-order valence-corrected chi connectivity index (χ0v) is 30.7. The maximum Gasteiger partial charge on any atom is 0.410 e. The highest BCUT2D eigenvalue weighted by atomic mass is 16.6. The molecule has 5 atom stereocenters. The fourth-order valence-electron chi connectivity index (χ4n) is 5.60. The molecule has 0 aliphatic carbocycles. The first-order valence-electron chi connectivity index (χ1n) is 17.5. The fraction of sp³-hybridized carbons (Fsp3) is 0.600.